The summed E-state index contributed by atoms with van der Waals surface area (Å²) in [6.45, 7) is 4.34. The number of hydrogen-bond donors (Lipinski definition) is 1. The number of nitrogens with zero attached hydrogens (tertiary/aromatic N) is 1. The first kappa shape index (κ1) is 19.0. The highest BCUT2D eigenvalue weighted by molar-refractivity contribution is 7.89. The van der Waals surface area contributed by atoms with Crippen LogP contribution in [-0.2, 0) is 10.0 Å². The molecule has 0 aliphatic heterocycles. The van der Waals surface area contributed by atoms with Crippen LogP contribution < -0.4 is 10.1 Å². The minimum absolute atomic E-state index is 0.147. The molecule has 0 fully saturated rings. The van der Waals surface area contributed by atoms with Gasteiger partial charge < -0.3 is 10.1 Å². The Morgan fingerprint density at radius 1 is 1.08 bits per heavy atom. The molecule has 0 spiro atoms. The van der Waals surface area contributed by atoms with Crippen molar-refractivity contribution in [2.75, 3.05) is 25.5 Å². The molecule has 0 aliphatic rings. The fourth-order valence-corrected chi connectivity index (χ4v) is 3.98. The third-order valence-electron chi connectivity index (χ3n) is 3.79. The second-order valence-corrected chi connectivity index (χ2v) is 7.21. The second-order valence-electron chi connectivity index (χ2n) is 5.27. The first-order chi connectivity index (χ1) is 11.9. The Labute approximate surface area is 148 Å². The SMILES string of the molecule is CCN(CC)S(=O)(=O)c1cccc(NC(=O)c2ccccc2OC)c1. The lowest BCUT2D eigenvalue weighted by Gasteiger charge is -2.19. The summed E-state index contributed by atoms with van der Waals surface area (Å²) in [5.74, 6) is 0.0850. The monoisotopic (exact) mass is 362 g/mol. The van der Waals surface area contributed by atoms with E-state index in [1.165, 1.54) is 23.5 Å². The molecule has 0 saturated carbocycles. The predicted octanol–water partition coefficient (Wildman–Crippen LogP) is 2.98. The van der Waals surface area contributed by atoms with Gasteiger partial charge in [-0.05, 0) is 30.3 Å². The maximum Gasteiger partial charge on any atom is 0.259 e. The molecule has 2 aromatic carbocycles. The third-order valence-corrected chi connectivity index (χ3v) is 5.83. The van der Waals surface area contributed by atoms with E-state index in [-0.39, 0.29) is 10.8 Å². The molecule has 6 nitrogen and oxygen atoms in total. The number of nitrogens with one attached hydrogen (secondary N) is 1. The molecular formula is C18H22N2O4S. The summed E-state index contributed by atoms with van der Waals surface area (Å²) in [6.07, 6.45) is 0. The summed E-state index contributed by atoms with van der Waals surface area (Å²) in [7, 11) is -2.09. The van der Waals surface area contributed by atoms with Gasteiger partial charge in [-0.2, -0.15) is 4.31 Å². The maximum absolute atomic E-state index is 12.6. The van der Waals surface area contributed by atoms with Crippen molar-refractivity contribution in [3.8, 4) is 5.75 Å². The Balaban J connectivity index is 2.29. The quantitative estimate of drug-likeness (QED) is 0.822. The summed E-state index contributed by atoms with van der Waals surface area (Å²) >= 11 is 0. The van der Waals surface area contributed by atoms with E-state index in [0.717, 1.165) is 0 Å². The van der Waals surface area contributed by atoms with Gasteiger partial charge in [0, 0.05) is 18.8 Å². The van der Waals surface area contributed by atoms with Crippen LogP contribution in [-0.4, -0.2) is 38.8 Å². The lowest BCUT2D eigenvalue weighted by atomic mass is 10.2. The van der Waals surface area contributed by atoms with Gasteiger partial charge in [-0.15, -0.1) is 0 Å². The average Bonchev–Trinajstić information content (AvgIpc) is 2.62. The molecule has 0 saturated heterocycles. The van der Waals surface area contributed by atoms with Gasteiger partial charge in [0.05, 0.1) is 17.6 Å². The normalized spacial score (nSPS) is 11.4. The summed E-state index contributed by atoms with van der Waals surface area (Å²) in [6, 6.07) is 13.1. The smallest absolute Gasteiger partial charge is 0.259 e. The van der Waals surface area contributed by atoms with Crippen LogP contribution in [0.2, 0.25) is 0 Å². The standard InChI is InChI=1S/C18H22N2O4S/c1-4-20(5-2)25(22,23)15-10-8-9-14(13-15)19-18(21)16-11-6-7-12-17(16)24-3/h6-13H,4-5H2,1-3H3,(H,19,21). The Kier molecular flexibility index (Phi) is 6.17. The molecule has 1 N–H and O–H groups in total. The van der Waals surface area contributed by atoms with Gasteiger partial charge in [0.15, 0.2) is 0 Å². The molecule has 2 rings (SSSR count). The van der Waals surface area contributed by atoms with Crippen molar-refractivity contribution < 1.29 is 17.9 Å². The van der Waals surface area contributed by atoms with E-state index < -0.39 is 10.0 Å². The van der Waals surface area contributed by atoms with Gasteiger partial charge in [0.2, 0.25) is 10.0 Å². The zero-order valence-electron chi connectivity index (χ0n) is 14.5. The van der Waals surface area contributed by atoms with Crippen LogP contribution in [0.1, 0.15) is 24.2 Å². The minimum Gasteiger partial charge on any atom is -0.496 e. The number of carbonyl (C=O) groups excluding carboxylic acids is 1. The number of sulfonamides is 1. The molecule has 0 aromatic heterocycles. The van der Waals surface area contributed by atoms with E-state index in [9.17, 15) is 13.2 Å². The van der Waals surface area contributed by atoms with E-state index >= 15 is 0 Å². The van der Waals surface area contributed by atoms with E-state index in [2.05, 4.69) is 5.32 Å². The molecule has 0 aliphatic carbocycles. The fourth-order valence-electron chi connectivity index (χ4n) is 2.48. The van der Waals surface area contributed by atoms with Gasteiger partial charge in [-0.25, -0.2) is 8.42 Å². The van der Waals surface area contributed by atoms with Gasteiger partial charge in [-0.1, -0.05) is 32.0 Å². The zero-order valence-corrected chi connectivity index (χ0v) is 15.3. The fraction of sp³-hybridized carbons (Fsp3) is 0.278. The highest BCUT2D eigenvalue weighted by atomic mass is 32.2. The predicted molar refractivity (Wildman–Crippen MR) is 97.5 cm³/mol. The molecule has 1 amide bonds. The molecule has 25 heavy (non-hydrogen) atoms. The van der Waals surface area contributed by atoms with Crippen LogP contribution in [0.4, 0.5) is 5.69 Å². The molecule has 0 atom stereocenters. The van der Waals surface area contributed by atoms with E-state index in [1.54, 1.807) is 50.2 Å². The Bertz CT molecular complexity index is 846. The van der Waals surface area contributed by atoms with Crippen molar-refractivity contribution in [3.63, 3.8) is 0 Å². The van der Waals surface area contributed by atoms with Gasteiger partial charge in [0.1, 0.15) is 5.75 Å². The number of benzene rings is 2. The first-order valence-corrected chi connectivity index (χ1v) is 9.42. The molecule has 7 heteroatoms. The van der Waals surface area contributed by atoms with E-state index in [4.69, 9.17) is 4.74 Å². The van der Waals surface area contributed by atoms with Crippen molar-refractivity contribution in [2.24, 2.45) is 0 Å². The maximum atomic E-state index is 12.6. The lowest BCUT2D eigenvalue weighted by Crippen LogP contribution is -2.30. The number of methoxy groups -OCH3 is 1. The zero-order chi connectivity index (χ0) is 18.4. The van der Waals surface area contributed by atoms with Crippen LogP contribution in [0, 0.1) is 0 Å². The summed E-state index contributed by atoms with van der Waals surface area (Å²) in [4.78, 5) is 12.6. The highest BCUT2D eigenvalue weighted by Gasteiger charge is 2.22. The van der Waals surface area contributed by atoms with Gasteiger partial charge in [-0.3, -0.25) is 4.79 Å². The van der Waals surface area contributed by atoms with Crippen molar-refractivity contribution in [3.05, 3.63) is 54.1 Å². The van der Waals surface area contributed by atoms with Crippen LogP contribution in [0.5, 0.6) is 5.75 Å². The van der Waals surface area contributed by atoms with Crippen LogP contribution in [0.25, 0.3) is 0 Å². The molecule has 0 radical (unpaired) electrons. The van der Waals surface area contributed by atoms with Crippen molar-refractivity contribution >= 4 is 21.6 Å². The Morgan fingerprint density at radius 3 is 2.40 bits per heavy atom. The molecule has 0 unspecified atom stereocenters. The Morgan fingerprint density at radius 2 is 1.76 bits per heavy atom. The molecule has 0 bridgehead atoms. The molecule has 134 valence electrons. The minimum atomic E-state index is -3.58. The van der Waals surface area contributed by atoms with Crippen molar-refractivity contribution in [2.45, 2.75) is 18.7 Å². The number of amides is 1. The highest BCUT2D eigenvalue weighted by Crippen LogP contribution is 2.22. The second kappa shape index (κ2) is 8.13. The number of rotatable bonds is 7. The van der Waals surface area contributed by atoms with Crippen LogP contribution >= 0.6 is 0 Å². The third kappa shape index (κ3) is 4.18. The van der Waals surface area contributed by atoms with Crippen molar-refractivity contribution in [1.29, 1.82) is 0 Å². The lowest BCUT2D eigenvalue weighted by molar-refractivity contribution is 0.102. The summed E-state index contributed by atoms with van der Waals surface area (Å²) < 4.78 is 31.7. The van der Waals surface area contributed by atoms with E-state index in [1.807, 2.05) is 0 Å². The summed E-state index contributed by atoms with van der Waals surface area (Å²) in [5.41, 5.74) is 0.783. The average molecular weight is 362 g/mol. The van der Waals surface area contributed by atoms with Gasteiger partial charge >= 0.3 is 0 Å². The van der Waals surface area contributed by atoms with Gasteiger partial charge in [0.25, 0.3) is 5.91 Å². The van der Waals surface area contributed by atoms with Crippen LogP contribution in [0.15, 0.2) is 53.4 Å². The Hall–Kier alpha value is -2.38. The topological polar surface area (TPSA) is 75.7 Å². The van der Waals surface area contributed by atoms with Crippen LogP contribution in [0.3, 0.4) is 0 Å². The molecule has 2 aromatic rings. The van der Waals surface area contributed by atoms with Crippen molar-refractivity contribution in [1.82, 2.24) is 4.31 Å². The summed E-state index contributed by atoms with van der Waals surface area (Å²) in [5, 5.41) is 2.72. The molecule has 0 heterocycles. The number of carbonyl (C=O) groups is 1. The number of ether oxygens (including phenoxy) is 1. The van der Waals surface area contributed by atoms with E-state index in [0.29, 0.717) is 30.1 Å². The first-order valence-electron chi connectivity index (χ1n) is 7.98. The molecular weight excluding hydrogens is 340 g/mol. The largest absolute Gasteiger partial charge is 0.496 e. The number of anilines is 1. The number of hydrogen-bond acceptors (Lipinski definition) is 4. The number of para-hydroxylation sites is 1.